The summed E-state index contributed by atoms with van der Waals surface area (Å²) in [5, 5.41) is 11.3. The van der Waals surface area contributed by atoms with Crippen LogP contribution in [0.5, 0.6) is 0 Å². The largest absolute Gasteiger partial charge is 0.480 e. The Hall–Kier alpha value is -0.570. The molecule has 0 heterocycles. The third kappa shape index (κ3) is 3.72. The Kier molecular flexibility index (Phi) is 4.08. The standard InChI is InChI=1S/C9H17NO2/c11-9(12)7-10-6-5-8-3-1-2-4-8/h8,10H,1-7H2,(H,11,12). The van der Waals surface area contributed by atoms with Gasteiger partial charge < -0.3 is 10.4 Å². The molecule has 1 fully saturated rings. The van der Waals surface area contributed by atoms with Crippen molar-refractivity contribution in [1.29, 1.82) is 0 Å². The molecule has 0 unspecified atom stereocenters. The van der Waals surface area contributed by atoms with Crippen LogP contribution in [0.2, 0.25) is 0 Å². The van der Waals surface area contributed by atoms with Crippen molar-refractivity contribution < 1.29 is 9.90 Å². The van der Waals surface area contributed by atoms with E-state index >= 15 is 0 Å². The molecule has 0 aromatic carbocycles. The number of carboxylic acids is 1. The van der Waals surface area contributed by atoms with E-state index < -0.39 is 5.97 Å². The molecule has 0 bridgehead atoms. The minimum Gasteiger partial charge on any atom is -0.480 e. The number of nitrogens with one attached hydrogen (secondary N) is 1. The molecule has 0 aromatic rings. The third-order valence-corrected chi connectivity index (χ3v) is 2.48. The lowest BCUT2D eigenvalue weighted by Gasteiger charge is -2.07. The lowest BCUT2D eigenvalue weighted by molar-refractivity contribution is -0.135. The summed E-state index contributed by atoms with van der Waals surface area (Å²) >= 11 is 0. The first kappa shape index (κ1) is 9.52. The summed E-state index contributed by atoms with van der Waals surface area (Å²) in [6.45, 7) is 0.962. The second kappa shape index (κ2) is 5.14. The molecule has 0 amide bonds. The van der Waals surface area contributed by atoms with Gasteiger partial charge in [-0.3, -0.25) is 4.79 Å². The van der Waals surface area contributed by atoms with E-state index in [0.29, 0.717) is 0 Å². The van der Waals surface area contributed by atoms with Gasteiger partial charge in [0.1, 0.15) is 0 Å². The predicted molar refractivity (Wildman–Crippen MR) is 47.1 cm³/mol. The summed E-state index contributed by atoms with van der Waals surface area (Å²) in [7, 11) is 0. The van der Waals surface area contributed by atoms with Gasteiger partial charge in [0.05, 0.1) is 6.54 Å². The van der Waals surface area contributed by atoms with Crippen molar-refractivity contribution >= 4 is 5.97 Å². The maximum atomic E-state index is 10.1. The summed E-state index contributed by atoms with van der Waals surface area (Å²) in [5.41, 5.74) is 0. The molecule has 1 rings (SSSR count). The van der Waals surface area contributed by atoms with Crippen LogP contribution in [0.4, 0.5) is 0 Å². The topological polar surface area (TPSA) is 49.3 Å². The highest BCUT2D eigenvalue weighted by Crippen LogP contribution is 2.26. The molecule has 0 saturated heterocycles. The molecule has 3 heteroatoms. The molecule has 0 radical (unpaired) electrons. The minimum atomic E-state index is -0.763. The van der Waals surface area contributed by atoms with Gasteiger partial charge in [-0.05, 0) is 18.9 Å². The SMILES string of the molecule is O=C(O)CNCCC1CCCC1. The van der Waals surface area contributed by atoms with Crippen LogP contribution in [0.1, 0.15) is 32.1 Å². The van der Waals surface area contributed by atoms with Crippen LogP contribution in [-0.4, -0.2) is 24.2 Å². The van der Waals surface area contributed by atoms with Crippen molar-refractivity contribution in [2.75, 3.05) is 13.1 Å². The average molecular weight is 171 g/mol. The summed E-state index contributed by atoms with van der Waals surface area (Å²) in [4.78, 5) is 10.1. The number of hydrogen-bond acceptors (Lipinski definition) is 2. The highest BCUT2D eigenvalue weighted by Gasteiger charge is 2.13. The van der Waals surface area contributed by atoms with Crippen LogP contribution in [0, 0.1) is 5.92 Å². The molecule has 1 saturated carbocycles. The molecule has 0 aromatic heterocycles. The Morgan fingerprint density at radius 1 is 1.42 bits per heavy atom. The molecule has 70 valence electrons. The summed E-state index contributed by atoms with van der Waals surface area (Å²) in [6, 6.07) is 0. The third-order valence-electron chi connectivity index (χ3n) is 2.48. The van der Waals surface area contributed by atoms with Gasteiger partial charge in [-0.1, -0.05) is 25.7 Å². The first-order chi connectivity index (χ1) is 5.79. The fraction of sp³-hybridized carbons (Fsp3) is 0.889. The fourth-order valence-electron chi connectivity index (χ4n) is 1.80. The fourth-order valence-corrected chi connectivity index (χ4v) is 1.80. The van der Waals surface area contributed by atoms with Gasteiger partial charge in [0, 0.05) is 0 Å². The maximum Gasteiger partial charge on any atom is 0.317 e. The second-order valence-corrected chi connectivity index (χ2v) is 3.51. The molecule has 0 atom stereocenters. The van der Waals surface area contributed by atoms with Gasteiger partial charge in [0.15, 0.2) is 0 Å². The van der Waals surface area contributed by atoms with Crippen molar-refractivity contribution in [3.63, 3.8) is 0 Å². The Morgan fingerprint density at radius 3 is 2.67 bits per heavy atom. The summed E-state index contributed by atoms with van der Waals surface area (Å²) in [5.74, 6) is 0.0905. The lowest BCUT2D eigenvalue weighted by atomic mass is 10.0. The van der Waals surface area contributed by atoms with Crippen molar-refractivity contribution in [1.82, 2.24) is 5.32 Å². The molecule has 0 aliphatic heterocycles. The maximum absolute atomic E-state index is 10.1. The number of hydrogen-bond donors (Lipinski definition) is 2. The lowest BCUT2D eigenvalue weighted by Crippen LogP contribution is -2.24. The molecule has 1 aliphatic rings. The van der Waals surface area contributed by atoms with Crippen LogP contribution in [0.25, 0.3) is 0 Å². The Labute approximate surface area is 73.2 Å². The van der Waals surface area contributed by atoms with Crippen molar-refractivity contribution in [2.24, 2.45) is 5.92 Å². The highest BCUT2D eigenvalue weighted by molar-refractivity contribution is 5.68. The van der Waals surface area contributed by atoms with Crippen molar-refractivity contribution in [3.8, 4) is 0 Å². The average Bonchev–Trinajstić information content (AvgIpc) is 2.49. The highest BCUT2D eigenvalue weighted by atomic mass is 16.4. The molecular weight excluding hydrogens is 154 g/mol. The van der Waals surface area contributed by atoms with Crippen LogP contribution in [0.15, 0.2) is 0 Å². The number of carbonyl (C=O) groups is 1. The normalized spacial score (nSPS) is 18.3. The van der Waals surface area contributed by atoms with Gasteiger partial charge in [-0.15, -0.1) is 0 Å². The first-order valence-electron chi connectivity index (χ1n) is 4.71. The zero-order valence-corrected chi connectivity index (χ0v) is 7.38. The zero-order valence-electron chi connectivity index (χ0n) is 7.38. The van der Waals surface area contributed by atoms with E-state index in [2.05, 4.69) is 5.32 Å². The molecule has 1 aliphatic carbocycles. The van der Waals surface area contributed by atoms with E-state index in [1.807, 2.05) is 0 Å². The van der Waals surface area contributed by atoms with Gasteiger partial charge in [0.25, 0.3) is 0 Å². The van der Waals surface area contributed by atoms with E-state index in [1.54, 1.807) is 0 Å². The van der Waals surface area contributed by atoms with Crippen LogP contribution < -0.4 is 5.32 Å². The quantitative estimate of drug-likeness (QED) is 0.612. The van der Waals surface area contributed by atoms with Crippen LogP contribution >= 0.6 is 0 Å². The van der Waals surface area contributed by atoms with Gasteiger partial charge in [-0.2, -0.15) is 0 Å². The molecule has 2 N–H and O–H groups in total. The predicted octanol–water partition coefficient (Wildman–Crippen LogP) is 1.24. The minimum absolute atomic E-state index is 0.104. The number of aliphatic carboxylic acids is 1. The van der Waals surface area contributed by atoms with Gasteiger partial charge in [-0.25, -0.2) is 0 Å². The Balaban J connectivity index is 1.91. The molecular formula is C9H17NO2. The number of carboxylic acid groups (broad SMARTS) is 1. The first-order valence-corrected chi connectivity index (χ1v) is 4.71. The van der Waals surface area contributed by atoms with Gasteiger partial charge in [0.2, 0.25) is 0 Å². The van der Waals surface area contributed by atoms with Crippen LogP contribution in [0.3, 0.4) is 0 Å². The van der Waals surface area contributed by atoms with Crippen molar-refractivity contribution in [3.05, 3.63) is 0 Å². The Bertz CT molecular complexity index is 141. The second-order valence-electron chi connectivity index (χ2n) is 3.51. The summed E-state index contributed by atoms with van der Waals surface area (Å²) < 4.78 is 0. The summed E-state index contributed by atoms with van der Waals surface area (Å²) in [6.07, 6.45) is 6.56. The van der Waals surface area contributed by atoms with Crippen molar-refractivity contribution in [2.45, 2.75) is 32.1 Å². The van der Waals surface area contributed by atoms with E-state index in [9.17, 15) is 4.79 Å². The monoisotopic (exact) mass is 171 g/mol. The van der Waals surface area contributed by atoms with E-state index in [-0.39, 0.29) is 6.54 Å². The van der Waals surface area contributed by atoms with E-state index in [4.69, 9.17) is 5.11 Å². The number of rotatable bonds is 5. The smallest absolute Gasteiger partial charge is 0.317 e. The Morgan fingerprint density at radius 2 is 2.08 bits per heavy atom. The molecule has 0 spiro atoms. The van der Waals surface area contributed by atoms with E-state index in [0.717, 1.165) is 18.9 Å². The molecule has 3 nitrogen and oxygen atoms in total. The zero-order chi connectivity index (χ0) is 8.81. The van der Waals surface area contributed by atoms with E-state index in [1.165, 1.54) is 25.7 Å². The van der Waals surface area contributed by atoms with Crippen LogP contribution in [-0.2, 0) is 4.79 Å². The molecule has 12 heavy (non-hydrogen) atoms. The van der Waals surface area contributed by atoms with Gasteiger partial charge >= 0.3 is 5.97 Å².